The number of furan rings is 1. The number of benzene rings is 1. The molecule has 0 spiro atoms. The minimum Gasteiger partial charge on any atom is -0.493 e. The van der Waals surface area contributed by atoms with Crippen molar-refractivity contribution in [1.82, 2.24) is 15.4 Å². The first-order valence-corrected chi connectivity index (χ1v) is 9.64. The number of alkyl halides is 3. The molecule has 0 aliphatic heterocycles. The van der Waals surface area contributed by atoms with Gasteiger partial charge in [0.15, 0.2) is 22.9 Å². The lowest BCUT2D eigenvalue weighted by Crippen LogP contribution is -2.45. The molecule has 34 heavy (non-hydrogen) atoms. The summed E-state index contributed by atoms with van der Waals surface area (Å²) < 4.78 is 42.7. The number of methoxy groups -OCH3 is 1. The van der Waals surface area contributed by atoms with E-state index in [1.807, 2.05) is 32.0 Å². The zero-order chi connectivity index (χ0) is 25.5. The Balaban J connectivity index is 0.000000509. The van der Waals surface area contributed by atoms with Gasteiger partial charge in [0, 0.05) is 24.2 Å². The normalized spacial score (nSPS) is 10.8. The Kier molecular flexibility index (Phi) is 8.38. The summed E-state index contributed by atoms with van der Waals surface area (Å²) in [6.07, 6.45) is -3.60. The third-order valence-electron chi connectivity index (χ3n) is 4.00. The SMILES string of the molecule is COc1cccc2cc(C(=O)NN(CC(C)C)c3ccnc(C#N)n3)oc12.O=C(O)C(F)(F)F. The average Bonchev–Trinajstić information content (AvgIpc) is 3.23. The van der Waals surface area contributed by atoms with Gasteiger partial charge < -0.3 is 14.3 Å². The van der Waals surface area contributed by atoms with Crippen LogP contribution in [-0.2, 0) is 4.79 Å². The van der Waals surface area contributed by atoms with Gasteiger partial charge in [-0.05, 0) is 18.1 Å². The molecule has 2 heterocycles. The zero-order valence-electron chi connectivity index (χ0n) is 18.3. The first-order valence-electron chi connectivity index (χ1n) is 9.64. The Morgan fingerprint density at radius 1 is 1.32 bits per heavy atom. The highest BCUT2D eigenvalue weighted by Crippen LogP contribution is 2.28. The van der Waals surface area contributed by atoms with E-state index in [4.69, 9.17) is 24.3 Å². The van der Waals surface area contributed by atoms with Crippen molar-refractivity contribution < 1.29 is 37.0 Å². The van der Waals surface area contributed by atoms with Gasteiger partial charge in [0.25, 0.3) is 0 Å². The second-order valence-electron chi connectivity index (χ2n) is 7.09. The van der Waals surface area contributed by atoms with Crippen molar-refractivity contribution >= 4 is 28.7 Å². The molecule has 0 fully saturated rings. The van der Waals surface area contributed by atoms with Crippen LogP contribution in [0.25, 0.3) is 11.0 Å². The Morgan fingerprint density at radius 3 is 2.56 bits per heavy atom. The van der Waals surface area contributed by atoms with E-state index in [0.29, 0.717) is 23.7 Å². The molecule has 0 atom stereocenters. The van der Waals surface area contributed by atoms with Gasteiger partial charge in [0.2, 0.25) is 5.82 Å². The van der Waals surface area contributed by atoms with Gasteiger partial charge in [-0.25, -0.2) is 9.78 Å². The fourth-order valence-electron chi connectivity index (χ4n) is 2.60. The molecule has 13 heteroatoms. The number of carbonyl (C=O) groups excluding carboxylic acids is 1. The lowest BCUT2D eigenvalue weighted by atomic mass is 10.2. The number of ether oxygens (including phenoxy) is 1. The number of carboxylic acid groups (broad SMARTS) is 1. The molecule has 1 amide bonds. The summed E-state index contributed by atoms with van der Waals surface area (Å²) in [4.78, 5) is 29.6. The molecule has 0 bridgehead atoms. The van der Waals surface area contributed by atoms with Crippen LogP contribution >= 0.6 is 0 Å². The van der Waals surface area contributed by atoms with E-state index < -0.39 is 18.1 Å². The van der Waals surface area contributed by atoms with E-state index in [0.717, 1.165) is 5.39 Å². The van der Waals surface area contributed by atoms with E-state index in [9.17, 15) is 18.0 Å². The third kappa shape index (κ3) is 6.83. The van der Waals surface area contributed by atoms with Crippen LogP contribution in [-0.4, -0.2) is 46.8 Å². The first-order chi connectivity index (χ1) is 16.0. The Hall–Kier alpha value is -4.34. The van der Waals surface area contributed by atoms with E-state index >= 15 is 0 Å². The smallest absolute Gasteiger partial charge is 0.490 e. The summed E-state index contributed by atoms with van der Waals surface area (Å²) in [5.41, 5.74) is 3.30. The van der Waals surface area contributed by atoms with Crippen molar-refractivity contribution in [3.8, 4) is 11.8 Å². The van der Waals surface area contributed by atoms with Crippen LogP contribution in [0.5, 0.6) is 5.75 Å². The fourth-order valence-corrected chi connectivity index (χ4v) is 2.60. The number of carboxylic acids is 1. The number of hydrazine groups is 1. The van der Waals surface area contributed by atoms with Crippen LogP contribution in [0, 0.1) is 17.2 Å². The number of hydrogen-bond acceptors (Lipinski definition) is 8. The lowest BCUT2D eigenvalue weighted by molar-refractivity contribution is -0.192. The third-order valence-corrected chi connectivity index (χ3v) is 4.00. The molecule has 0 saturated carbocycles. The number of nitriles is 1. The molecule has 0 aliphatic carbocycles. The second-order valence-corrected chi connectivity index (χ2v) is 7.09. The average molecular weight is 479 g/mol. The fraction of sp³-hybridized carbons (Fsp3) is 0.286. The molecule has 0 radical (unpaired) electrons. The van der Waals surface area contributed by atoms with Crippen molar-refractivity contribution in [2.45, 2.75) is 20.0 Å². The molecule has 3 rings (SSSR count). The molecule has 1 aromatic carbocycles. The highest BCUT2D eigenvalue weighted by molar-refractivity contribution is 5.97. The van der Waals surface area contributed by atoms with Crippen LogP contribution in [0.2, 0.25) is 0 Å². The quantitative estimate of drug-likeness (QED) is 0.508. The Morgan fingerprint density at radius 2 is 2.00 bits per heavy atom. The van der Waals surface area contributed by atoms with Gasteiger partial charge in [0.1, 0.15) is 6.07 Å². The summed E-state index contributed by atoms with van der Waals surface area (Å²) in [5, 5.41) is 18.5. The summed E-state index contributed by atoms with van der Waals surface area (Å²) in [5.74, 6) is -1.78. The standard InChI is InChI=1S/C19H19N5O3.C2HF3O2/c1-12(2)11-24(17-7-8-21-16(10-20)22-17)23-19(25)15-9-13-5-4-6-14(26-3)18(13)27-15;3-2(4,5)1(6)7/h4-9,12H,11H2,1-3H3,(H,23,25);(H,6,7). The summed E-state index contributed by atoms with van der Waals surface area (Å²) in [6, 6.07) is 10.6. The number of aliphatic carboxylic acids is 1. The van der Waals surface area contributed by atoms with Crippen LogP contribution in [0.1, 0.15) is 30.2 Å². The van der Waals surface area contributed by atoms with Crippen molar-refractivity contribution in [2.75, 3.05) is 18.7 Å². The molecule has 180 valence electrons. The second kappa shape index (κ2) is 11.0. The highest BCUT2D eigenvalue weighted by atomic mass is 19.4. The number of para-hydroxylation sites is 1. The van der Waals surface area contributed by atoms with Crippen LogP contribution < -0.4 is 15.2 Å². The van der Waals surface area contributed by atoms with Crippen LogP contribution in [0.3, 0.4) is 0 Å². The minimum absolute atomic E-state index is 0.0315. The van der Waals surface area contributed by atoms with Crippen molar-refractivity contribution in [1.29, 1.82) is 5.26 Å². The number of nitrogens with zero attached hydrogens (tertiary/aromatic N) is 4. The Bertz CT molecular complexity index is 1200. The summed E-state index contributed by atoms with van der Waals surface area (Å²) in [7, 11) is 1.54. The predicted octanol–water partition coefficient (Wildman–Crippen LogP) is 3.54. The summed E-state index contributed by atoms with van der Waals surface area (Å²) >= 11 is 0. The van der Waals surface area contributed by atoms with Gasteiger partial charge >= 0.3 is 18.1 Å². The largest absolute Gasteiger partial charge is 0.493 e. The van der Waals surface area contributed by atoms with E-state index in [-0.39, 0.29) is 17.5 Å². The molecule has 0 unspecified atom stereocenters. The number of rotatable bonds is 6. The van der Waals surface area contributed by atoms with Gasteiger partial charge in [-0.15, -0.1) is 0 Å². The van der Waals surface area contributed by atoms with Gasteiger partial charge in [-0.3, -0.25) is 15.2 Å². The van der Waals surface area contributed by atoms with E-state index in [1.54, 1.807) is 30.3 Å². The number of hydrogen-bond donors (Lipinski definition) is 2. The minimum atomic E-state index is -5.08. The predicted molar refractivity (Wildman–Crippen MR) is 113 cm³/mol. The number of amides is 1. The maximum absolute atomic E-state index is 12.7. The van der Waals surface area contributed by atoms with Crippen molar-refractivity contribution in [3.63, 3.8) is 0 Å². The molecule has 3 aromatic rings. The van der Waals surface area contributed by atoms with Gasteiger partial charge in [0.05, 0.1) is 7.11 Å². The molecule has 0 aliphatic rings. The highest BCUT2D eigenvalue weighted by Gasteiger charge is 2.38. The van der Waals surface area contributed by atoms with Crippen LogP contribution in [0.15, 0.2) is 40.9 Å². The molecular weight excluding hydrogens is 459 g/mol. The van der Waals surface area contributed by atoms with E-state index in [1.165, 1.54) is 6.20 Å². The number of carbonyl (C=O) groups is 2. The number of halogens is 3. The Labute approximate surface area is 191 Å². The maximum atomic E-state index is 12.7. The van der Waals surface area contributed by atoms with Gasteiger partial charge in [-0.1, -0.05) is 26.0 Å². The monoisotopic (exact) mass is 479 g/mol. The van der Waals surface area contributed by atoms with Gasteiger partial charge in [-0.2, -0.15) is 23.4 Å². The molecule has 10 nitrogen and oxygen atoms in total. The number of nitrogens with one attached hydrogen (secondary N) is 1. The topological polar surface area (TPSA) is 142 Å². The maximum Gasteiger partial charge on any atom is 0.490 e. The van der Waals surface area contributed by atoms with Crippen molar-refractivity contribution in [3.05, 3.63) is 48.1 Å². The lowest BCUT2D eigenvalue weighted by Gasteiger charge is -2.25. The van der Waals surface area contributed by atoms with E-state index in [2.05, 4.69) is 15.4 Å². The van der Waals surface area contributed by atoms with Crippen molar-refractivity contribution in [2.24, 2.45) is 5.92 Å². The zero-order valence-corrected chi connectivity index (χ0v) is 18.3. The number of fused-ring (bicyclic) bond motifs is 1. The first kappa shape index (κ1) is 25.9. The van der Waals surface area contributed by atoms with Crippen LogP contribution in [0.4, 0.5) is 19.0 Å². The molecular formula is C21H20F3N5O5. The summed E-state index contributed by atoms with van der Waals surface area (Å²) in [6.45, 7) is 4.52. The number of aromatic nitrogens is 2. The number of anilines is 1. The molecule has 0 saturated heterocycles. The molecule has 2 N–H and O–H groups in total. The molecule has 2 aromatic heterocycles.